The van der Waals surface area contributed by atoms with Crippen molar-refractivity contribution < 1.29 is 4.79 Å². The summed E-state index contributed by atoms with van der Waals surface area (Å²) >= 11 is 3.37. The van der Waals surface area contributed by atoms with Crippen LogP contribution in [0.2, 0.25) is 0 Å². The molecule has 104 valence electrons. The van der Waals surface area contributed by atoms with E-state index in [0.29, 0.717) is 17.1 Å². The second-order valence-electron chi connectivity index (χ2n) is 4.47. The summed E-state index contributed by atoms with van der Waals surface area (Å²) in [5.41, 5.74) is 5.55. The first-order valence-electron chi connectivity index (χ1n) is 6.02. The number of hydrogen-bond donors (Lipinski definition) is 3. The topological polar surface area (TPSA) is 80.0 Å². The van der Waals surface area contributed by atoms with Gasteiger partial charge in [0.1, 0.15) is 5.82 Å². The average molecular weight is 335 g/mol. The third-order valence-corrected chi connectivity index (χ3v) is 3.69. The highest BCUT2D eigenvalue weighted by molar-refractivity contribution is 9.10. The number of pyridine rings is 1. The quantitative estimate of drug-likeness (QED) is 0.595. The normalized spacial score (nSPS) is 10.2. The first kappa shape index (κ1) is 14.5. The van der Waals surface area contributed by atoms with Crippen molar-refractivity contribution in [3.63, 3.8) is 0 Å². The fourth-order valence-electron chi connectivity index (χ4n) is 1.76. The molecule has 1 amide bonds. The lowest BCUT2D eigenvalue weighted by atomic mass is 10.1. The largest absolute Gasteiger partial charge is 0.323 e. The first-order valence-corrected chi connectivity index (χ1v) is 6.81. The molecule has 0 aliphatic carbocycles. The molecule has 0 spiro atoms. The van der Waals surface area contributed by atoms with Crippen LogP contribution in [0.5, 0.6) is 0 Å². The van der Waals surface area contributed by atoms with Gasteiger partial charge >= 0.3 is 0 Å². The summed E-state index contributed by atoms with van der Waals surface area (Å²) in [5.74, 6) is 5.67. The number of rotatable bonds is 3. The summed E-state index contributed by atoms with van der Waals surface area (Å²) in [6.07, 6.45) is 1.66. The number of amides is 1. The molecule has 2 rings (SSSR count). The number of nitrogens with one attached hydrogen (secondary N) is 2. The molecule has 0 unspecified atom stereocenters. The molecule has 1 aromatic heterocycles. The van der Waals surface area contributed by atoms with Gasteiger partial charge in [-0.25, -0.2) is 4.98 Å². The van der Waals surface area contributed by atoms with Crippen LogP contribution in [-0.4, -0.2) is 10.9 Å². The van der Waals surface area contributed by atoms with Crippen LogP contribution in [0.3, 0.4) is 0 Å². The first-order chi connectivity index (χ1) is 9.51. The number of halogens is 1. The van der Waals surface area contributed by atoms with Crippen molar-refractivity contribution in [2.75, 3.05) is 10.7 Å². The molecule has 1 aromatic carbocycles. The number of benzene rings is 1. The molecule has 6 heteroatoms. The van der Waals surface area contributed by atoms with E-state index in [1.54, 1.807) is 24.4 Å². The molecule has 0 radical (unpaired) electrons. The molecule has 0 atom stereocenters. The smallest absolute Gasteiger partial charge is 0.258 e. The molecular formula is C14H15BrN4O. The highest BCUT2D eigenvalue weighted by Gasteiger charge is 2.12. The van der Waals surface area contributed by atoms with Gasteiger partial charge < -0.3 is 10.7 Å². The zero-order valence-corrected chi connectivity index (χ0v) is 12.8. The predicted octanol–water partition coefficient (Wildman–Crippen LogP) is 3.00. The maximum Gasteiger partial charge on any atom is 0.258 e. The number of carbonyl (C=O) groups excluding carboxylic acids is 1. The van der Waals surface area contributed by atoms with E-state index >= 15 is 0 Å². The number of carbonyl (C=O) groups is 1. The fourth-order valence-corrected chi connectivity index (χ4v) is 1.98. The van der Waals surface area contributed by atoms with Gasteiger partial charge in [-0.3, -0.25) is 10.6 Å². The molecule has 0 fully saturated rings. The Kier molecular flexibility index (Phi) is 4.36. The van der Waals surface area contributed by atoms with Gasteiger partial charge in [-0.05, 0) is 53.5 Å². The number of nitrogens with zero attached hydrogens (tertiary/aromatic N) is 1. The van der Waals surface area contributed by atoms with Gasteiger partial charge in [0.25, 0.3) is 5.91 Å². The second-order valence-corrected chi connectivity index (χ2v) is 5.32. The molecule has 0 aliphatic heterocycles. The molecule has 20 heavy (non-hydrogen) atoms. The van der Waals surface area contributed by atoms with Gasteiger partial charge in [0.2, 0.25) is 0 Å². The maximum atomic E-state index is 12.3. The van der Waals surface area contributed by atoms with Crippen molar-refractivity contribution in [1.29, 1.82) is 0 Å². The molecule has 4 N–H and O–H groups in total. The van der Waals surface area contributed by atoms with Crippen LogP contribution in [0.25, 0.3) is 0 Å². The van der Waals surface area contributed by atoms with Crippen molar-refractivity contribution >= 4 is 33.3 Å². The van der Waals surface area contributed by atoms with E-state index in [-0.39, 0.29) is 5.91 Å². The Morgan fingerprint density at radius 3 is 2.70 bits per heavy atom. The standard InChI is InChI=1S/C14H15BrN4O/c1-8-3-4-12(19-16)10(5-8)14(20)18-13-6-9(2)11(15)7-17-13/h3-7,19H,16H2,1-2H3,(H,17,18,20). The number of hydrogen-bond acceptors (Lipinski definition) is 4. The van der Waals surface area contributed by atoms with Gasteiger partial charge in [-0.15, -0.1) is 0 Å². The fraction of sp³-hybridized carbons (Fsp3) is 0.143. The summed E-state index contributed by atoms with van der Waals surface area (Å²) < 4.78 is 0.898. The van der Waals surface area contributed by atoms with Crippen LogP contribution in [-0.2, 0) is 0 Å². The van der Waals surface area contributed by atoms with Crippen LogP contribution in [0, 0.1) is 13.8 Å². The summed E-state index contributed by atoms with van der Waals surface area (Å²) in [6.45, 7) is 3.85. The summed E-state index contributed by atoms with van der Waals surface area (Å²) in [6, 6.07) is 7.22. The van der Waals surface area contributed by atoms with E-state index in [2.05, 4.69) is 31.7 Å². The van der Waals surface area contributed by atoms with Crippen molar-refractivity contribution in [2.24, 2.45) is 5.84 Å². The van der Waals surface area contributed by atoms with E-state index < -0.39 is 0 Å². The Morgan fingerprint density at radius 2 is 2.05 bits per heavy atom. The number of anilines is 2. The van der Waals surface area contributed by atoms with Gasteiger partial charge in [0.15, 0.2) is 0 Å². The Balaban J connectivity index is 2.27. The van der Waals surface area contributed by atoms with Gasteiger partial charge in [-0.1, -0.05) is 11.6 Å². The van der Waals surface area contributed by atoms with Crippen LogP contribution in [0.1, 0.15) is 21.5 Å². The zero-order valence-electron chi connectivity index (χ0n) is 11.2. The number of hydrazine groups is 1. The minimum absolute atomic E-state index is 0.254. The summed E-state index contributed by atoms with van der Waals surface area (Å²) in [7, 11) is 0. The number of aromatic nitrogens is 1. The molecular weight excluding hydrogens is 320 g/mol. The third kappa shape index (κ3) is 3.15. The lowest BCUT2D eigenvalue weighted by Gasteiger charge is -2.10. The van der Waals surface area contributed by atoms with Crippen molar-refractivity contribution in [2.45, 2.75) is 13.8 Å². The van der Waals surface area contributed by atoms with Crippen LogP contribution < -0.4 is 16.6 Å². The minimum Gasteiger partial charge on any atom is -0.323 e. The Bertz CT molecular complexity index is 658. The van der Waals surface area contributed by atoms with Crippen molar-refractivity contribution in [3.8, 4) is 0 Å². The maximum absolute atomic E-state index is 12.3. The second kappa shape index (κ2) is 6.02. The zero-order chi connectivity index (χ0) is 14.7. The van der Waals surface area contributed by atoms with E-state index in [1.807, 2.05) is 19.9 Å². The Morgan fingerprint density at radius 1 is 1.30 bits per heavy atom. The van der Waals surface area contributed by atoms with E-state index in [4.69, 9.17) is 5.84 Å². The SMILES string of the molecule is Cc1ccc(NN)c(C(=O)Nc2cc(C)c(Br)cn2)c1. The Labute approximate surface area is 125 Å². The third-order valence-electron chi connectivity index (χ3n) is 2.86. The number of nitrogens with two attached hydrogens (primary N) is 1. The number of nitrogen functional groups attached to an aromatic ring is 1. The molecule has 0 saturated carbocycles. The monoisotopic (exact) mass is 334 g/mol. The van der Waals surface area contributed by atoms with E-state index in [1.165, 1.54) is 0 Å². The summed E-state index contributed by atoms with van der Waals surface area (Å²) in [5, 5.41) is 2.76. The van der Waals surface area contributed by atoms with Crippen LogP contribution in [0.4, 0.5) is 11.5 Å². The van der Waals surface area contributed by atoms with Gasteiger partial charge in [0, 0.05) is 10.7 Å². The Hall–Kier alpha value is -1.92. The lowest BCUT2D eigenvalue weighted by molar-refractivity contribution is 0.102. The van der Waals surface area contributed by atoms with E-state index in [9.17, 15) is 4.79 Å². The highest BCUT2D eigenvalue weighted by Crippen LogP contribution is 2.20. The van der Waals surface area contributed by atoms with Crippen molar-refractivity contribution in [1.82, 2.24) is 4.98 Å². The summed E-state index contributed by atoms with van der Waals surface area (Å²) in [4.78, 5) is 16.4. The predicted molar refractivity (Wildman–Crippen MR) is 83.6 cm³/mol. The van der Waals surface area contributed by atoms with Gasteiger partial charge in [-0.2, -0.15) is 0 Å². The van der Waals surface area contributed by atoms with Crippen LogP contribution in [0.15, 0.2) is 34.9 Å². The van der Waals surface area contributed by atoms with Crippen LogP contribution >= 0.6 is 15.9 Å². The molecule has 1 heterocycles. The molecule has 2 aromatic rings. The molecule has 0 bridgehead atoms. The molecule has 0 saturated heterocycles. The number of aryl methyl sites for hydroxylation is 2. The average Bonchev–Trinajstić information content (AvgIpc) is 2.43. The molecule has 0 aliphatic rings. The highest BCUT2D eigenvalue weighted by atomic mass is 79.9. The molecule has 5 nitrogen and oxygen atoms in total. The minimum atomic E-state index is -0.254. The van der Waals surface area contributed by atoms with Gasteiger partial charge in [0.05, 0.1) is 11.3 Å². The van der Waals surface area contributed by atoms with E-state index in [0.717, 1.165) is 15.6 Å². The van der Waals surface area contributed by atoms with Crippen molar-refractivity contribution in [3.05, 3.63) is 51.6 Å². The lowest BCUT2D eigenvalue weighted by Crippen LogP contribution is -2.18.